The van der Waals surface area contributed by atoms with Crippen LogP contribution in [0.25, 0.3) is 0 Å². The van der Waals surface area contributed by atoms with Crippen molar-refractivity contribution < 1.29 is 13.2 Å². The Morgan fingerprint density at radius 1 is 1.00 bits per heavy atom. The molecule has 21 heavy (non-hydrogen) atoms. The summed E-state index contributed by atoms with van der Waals surface area (Å²) >= 11 is -0.101. The minimum absolute atomic E-state index is 0.0901. The molecule has 0 fully saturated rings. The second-order valence-corrected chi connectivity index (χ2v) is 5.93. The minimum Gasteiger partial charge on any atom is -0.379 e. The normalized spacial score (nSPS) is 13.0. The SMILES string of the molecule is Cc1ccccc1C(C)Nc1ccc(SC(F)(F)F)cc1. The van der Waals surface area contributed by atoms with Gasteiger partial charge in [-0.2, -0.15) is 13.2 Å². The molecule has 0 radical (unpaired) electrons. The number of anilines is 1. The number of halogens is 3. The van der Waals surface area contributed by atoms with Crippen LogP contribution in [0.1, 0.15) is 24.1 Å². The Morgan fingerprint density at radius 3 is 2.19 bits per heavy atom. The Balaban J connectivity index is 2.05. The van der Waals surface area contributed by atoms with E-state index >= 15 is 0 Å². The van der Waals surface area contributed by atoms with Gasteiger partial charge in [0.05, 0.1) is 0 Å². The average molecular weight is 311 g/mol. The van der Waals surface area contributed by atoms with Crippen molar-refractivity contribution in [1.82, 2.24) is 0 Å². The molecule has 0 saturated heterocycles. The number of rotatable bonds is 4. The van der Waals surface area contributed by atoms with E-state index in [2.05, 4.69) is 5.32 Å². The summed E-state index contributed by atoms with van der Waals surface area (Å²) in [5.41, 5.74) is -1.09. The first-order valence-corrected chi connectivity index (χ1v) is 7.35. The van der Waals surface area contributed by atoms with Gasteiger partial charge in [0, 0.05) is 16.6 Å². The molecule has 0 aliphatic carbocycles. The highest BCUT2D eigenvalue weighted by Crippen LogP contribution is 2.37. The number of hydrogen-bond donors (Lipinski definition) is 1. The molecule has 1 atom stereocenters. The molecule has 112 valence electrons. The maximum Gasteiger partial charge on any atom is 0.446 e. The Hall–Kier alpha value is -1.62. The molecule has 0 aliphatic rings. The first-order valence-electron chi connectivity index (χ1n) is 6.53. The van der Waals surface area contributed by atoms with Crippen molar-refractivity contribution in [1.29, 1.82) is 0 Å². The number of nitrogens with one attached hydrogen (secondary N) is 1. The largest absolute Gasteiger partial charge is 0.446 e. The number of thioether (sulfide) groups is 1. The maximum atomic E-state index is 12.3. The zero-order valence-electron chi connectivity index (χ0n) is 11.7. The highest BCUT2D eigenvalue weighted by Gasteiger charge is 2.29. The average Bonchev–Trinajstić information content (AvgIpc) is 2.40. The topological polar surface area (TPSA) is 12.0 Å². The molecule has 2 aromatic carbocycles. The molecule has 0 aromatic heterocycles. The van der Waals surface area contributed by atoms with Gasteiger partial charge in [-0.05, 0) is 61.0 Å². The van der Waals surface area contributed by atoms with E-state index in [4.69, 9.17) is 0 Å². The molecule has 1 nitrogen and oxygen atoms in total. The van der Waals surface area contributed by atoms with Crippen molar-refractivity contribution in [2.45, 2.75) is 30.3 Å². The zero-order chi connectivity index (χ0) is 15.5. The molecular formula is C16H16F3NS. The lowest BCUT2D eigenvalue weighted by atomic mass is 10.0. The van der Waals surface area contributed by atoms with Crippen LogP contribution in [-0.4, -0.2) is 5.51 Å². The van der Waals surface area contributed by atoms with Crippen LogP contribution < -0.4 is 5.32 Å². The summed E-state index contributed by atoms with van der Waals surface area (Å²) in [5, 5.41) is 3.30. The molecular weight excluding hydrogens is 295 g/mol. The number of aryl methyl sites for hydroxylation is 1. The van der Waals surface area contributed by atoms with Crippen molar-refractivity contribution >= 4 is 17.4 Å². The first kappa shape index (κ1) is 15.8. The lowest BCUT2D eigenvalue weighted by Gasteiger charge is -2.18. The molecule has 2 aromatic rings. The standard InChI is InChI=1S/C16H16F3NS/c1-11-5-3-4-6-15(11)12(2)20-13-7-9-14(10-8-13)21-16(17,18)19/h3-10,12,20H,1-2H3. The third kappa shape index (κ3) is 4.70. The van der Waals surface area contributed by atoms with E-state index in [9.17, 15) is 13.2 Å². The van der Waals surface area contributed by atoms with Gasteiger partial charge in [0.15, 0.2) is 0 Å². The monoisotopic (exact) mass is 311 g/mol. The predicted molar refractivity (Wildman–Crippen MR) is 81.6 cm³/mol. The van der Waals surface area contributed by atoms with E-state index in [0.717, 1.165) is 5.69 Å². The zero-order valence-corrected chi connectivity index (χ0v) is 12.6. The van der Waals surface area contributed by atoms with Crippen molar-refractivity contribution in [2.24, 2.45) is 0 Å². The van der Waals surface area contributed by atoms with Crippen LogP contribution in [-0.2, 0) is 0 Å². The van der Waals surface area contributed by atoms with Gasteiger partial charge in [0.2, 0.25) is 0 Å². The second kappa shape index (κ2) is 6.43. The second-order valence-electron chi connectivity index (χ2n) is 4.79. The lowest BCUT2D eigenvalue weighted by Crippen LogP contribution is -2.08. The molecule has 0 bridgehead atoms. The third-order valence-corrected chi connectivity index (χ3v) is 3.87. The lowest BCUT2D eigenvalue weighted by molar-refractivity contribution is -0.0328. The van der Waals surface area contributed by atoms with Crippen LogP contribution in [0.3, 0.4) is 0 Å². The Kier molecular flexibility index (Phi) is 4.83. The van der Waals surface area contributed by atoms with E-state index in [-0.39, 0.29) is 22.7 Å². The van der Waals surface area contributed by atoms with Gasteiger partial charge in [-0.1, -0.05) is 24.3 Å². The molecule has 0 heterocycles. The van der Waals surface area contributed by atoms with Crippen molar-refractivity contribution in [3.8, 4) is 0 Å². The minimum atomic E-state index is -4.25. The molecule has 0 aliphatic heterocycles. The highest BCUT2D eigenvalue weighted by molar-refractivity contribution is 8.00. The molecule has 0 saturated carbocycles. The van der Waals surface area contributed by atoms with Crippen molar-refractivity contribution in [3.05, 3.63) is 59.7 Å². The van der Waals surface area contributed by atoms with Crippen molar-refractivity contribution in [3.63, 3.8) is 0 Å². The quantitative estimate of drug-likeness (QED) is 0.718. The van der Waals surface area contributed by atoms with Crippen LogP contribution in [0.4, 0.5) is 18.9 Å². The summed E-state index contributed by atoms with van der Waals surface area (Å²) < 4.78 is 36.8. The van der Waals surface area contributed by atoms with Gasteiger partial charge in [0.1, 0.15) is 0 Å². The maximum absolute atomic E-state index is 12.3. The van der Waals surface area contributed by atoms with Crippen LogP contribution >= 0.6 is 11.8 Å². The van der Waals surface area contributed by atoms with Crippen molar-refractivity contribution in [2.75, 3.05) is 5.32 Å². The van der Waals surface area contributed by atoms with Crippen LogP contribution in [0.2, 0.25) is 0 Å². The highest BCUT2D eigenvalue weighted by atomic mass is 32.2. The van der Waals surface area contributed by atoms with E-state index in [1.165, 1.54) is 23.3 Å². The smallest absolute Gasteiger partial charge is 0.379 e. The summed E-state index contributed by atoms with van der Waals surface area (Å²) in [6.45, 7) is 4.07. The van der Waals surface area contributed by atoms with E-state index < -0.39 is 5.51 Å². The molecule has 0 amide bonds. The Morgan fingerprint density at radius 2 is 1.62 bits per heavy atom. The molecule has 0 spiro atoms. The fourth-order valence-electron chi connectivity index (χ4n) is 2.15. The Labute approximate surface area is 126 Å². The fourth-order valence-corrected chi connectivity index (χ4v) is 2.69. The number of alkyl halides is 3. The predicted octanol–water partition coefficient (Wildman–Crippen LogP) is 5.78. The van der Waals surface area contributed by atoms with Crippen LogP contribution in [0.5, 0.6) is 0 Å². The Bertz CT molecular complexity index is 593. The van der Waals surface area contributed by atoms with Gasteiger partial charge in [-0.15, -0.1) is 0 Å². The molecule has 1 unspecified atom stereocenters. The van der Waals surface area contributed by atoms with Gasteiger partial charge >= 0.3 is 5.51 Å². The van der Waals surface area contributed by atoms with Gasteiger partial charge in [-0.25, -0.2) is 0 Å². The fraction of sp³-hybridized carbons (Fsp3) is 0.250. The van der Waals surface area contributed by atoms with Gasteiger partial charge in [-0.3, -0.25) is 0 Å². The van der Waals surface area contributed by atoms with E-state index in [0.29, 0.717) is 0 Å². The number of hydrogen-bond acceptors (Lipinski definition) is 2. The summed E-state index contributed by atoms with van der Waals surface area (Å²) in [6, 6.07) is 14.4. The molecule has 1 N–H and O–H groups in total. The summed E-state index contributed by atoms with van der Waals surface area (Å²) in [7, 11) is 0. The van der Waals surface area contributed by atoms with E-state index in [1.807, 2.05) is 38.1 Å². The number of benzene rings is 2. The van der Waals surface area contributed by atoms with Gasteiger partial charge < -0.3 is 5.32 Å². The first-order chi connectivity index (χ1) is 9.85. The van der Waals surface area contributed by atoms with Crippen LogP contribution in [0.15, 0.2) is 53.4 Å². The van der Waals surface area contributed by atoms with Gasteiger partial charge in [0.25, 0.3) is 0 Å². The summed E-state index contributed by atoms with van der Waals surface area (Å²) in [5.74, 6) is 0. The summed E-state index contributed by atoms with van der Waals surface area (Å²) in [4.78, 5) is 0.191. The summed E-state index contributed by atoms with van der Waals surface area (Å²) in [6.07, 6.45) is 0. The van der Waals surface area contributed by atoms with Crippen LogP contribution in [0, 0.1) is 6.92 Å². The van der Waals surface area contributed by atoms with E-state index in [1.54, 1.807) is 12.1 Å². The third-order valence-electron chi connectivity index (χ3n) is 3.13. The molecule has 5 heteroatoms. The molecule has 2 rings (SSSR count).